The Morgan fingerprint density at radius 1 is 1.13 bits per heavy atom. The van der Waals surface area contributed by atoms with Gasteiger partial charge in [-0.15, -0.1) is 0 Å². The summed E-state index contributed by atoms with van der Waals surface area (Å²) in [6.45, 7) is 1.39. The highest BCUT2D eigenvalue weighted by Gasteiger charge is 2.51. The van der Waals surface area contributed by atoms with E-state index in [1.54, 1.807) is 6.20 Å². The van der Waals surface area contributed by atoms with Gasteiger partial charge in [-0.2, -0.15) is 5.26 Å². The monoisotopic (exact) mass is 403 g/mol. The van der Waals surface area contributed by atoms with Crippen LogP contribution in [0, 0.1) is 29.1 Å². The number of pyridine rings is 1. The molecule has 1 aliphatic heterocycles. The van der Waals surface area contributed by atoms with E-state index in [0.29, 0.717) is 36.3 Å². The molecule has 1 aromatic heterocycles. The predicted molar refractivity (Wildman–Crippen MR) is 112 cm³/mol. The van der Waals surface area contributed by atoms with E-state index in [0.717, 1.165) is 36.3 Å². The van der Waals surface area contributed by atoms with Crippen LogP contribution in [0.1, 0.15) is 37.7 Å². The number of amides is 1. The van der Waals surface area contributed by atoms with Crippen molar-refractivity contribution >= 4 is 11.7 Å². The zero-order valence-electron chi connectivity index (χ0n) is 16.8. The lowest BCUT2D eigenvalue weighted by Crippen LogP contribution is -2.26. The van der Waals surface area contributed by atoms with Crippen LogP contribution in [0.3, 0.4) is 0 Å². The number of nitrogens with one attached hydrogen (secondary N) is 1. The van der Waals surface area contributed by atoms with E-state index < -0.39 is 0 Å². The minimum atomic E-state index is 0.0782. The van der Waals surface area contributed by atoms with Crippen LogP contribution in [0.5, 0.6) is 5.75 Å². The number of benzene rings is 1. The van der Waals surface area contributed by atoms with Gasteiger partial charge < -0.3 is 14.8 Å². The average Bonchev–Trinajstić information content (AvgIpc) is 3.68. The summed E-state index contributed by atoms with van der Waals surface area (Å²) >= 11 is 0. The molecule has 0 spiro atoms. The molecule has 0 radical (unpaired) electrons. The lowest BCUT2D eigenvalue weighted by atomic mass is 10.0. The Hall–Kier alpha value is -2.91. The summed E-state index contributed by atoms with van der Waals surface area (Å²) < 4.78 is 11.4. The van der Waals surface area contributed by atoms with Crippen molar-refractivity contribution in [2.75, 3.05) is 18.5 Å². The van der Waals surface area contributed by atoms with Crippen LogP contribution in [0.4, 0.5) is 5.82 Å². The third kappa shape index (κ3) is 4.17. The number of nitriles is 1. The Labute approximate surface area is 176 Å². The minimum absolute atomic E-state index is 0.0782. The van der Waals surface area contributed by atoms with E-state index in [2.05, 4.69) is 16.4 Å². The summed E-state index contributed by atoms with van der Waals surface area (Å²) in [5.74, 6) is 2.74. The minimum Gasteiger partial charge on any atom is -0.489 e. The summed E-state index contributed by atoms with van der Waals surface area (Å²) in [6.07, 6.45) is 7.01. The fourth-order valence-corrected chi connectivity index (χ4v) is 4.33. The topological polar surface area (TPSA) is 84.2 Å². The molecule has 30 heavy (non-hydrogen) atoms. The molecule has 1 aromatic carbocycles. The molecular formula is C24H25N3O3. The Bertz CT molecular complexity index is 989. The summed E-state index contributed by atoms with van der Waals surface area (Å²) in [4.78, 5) is 16.8. The van der Waals surface area contributed by atoms with Crippen LogP contribution in [-0.4, -0.2) is 30.2 Å². The highest BCUT2D eigenvalue weighted by molar-refractivity contribution is 5.94. The van der Waals surface area contributed by atoms with E-state index in [1.165, 1.54) is 12.8 Å². The number of carbonyl (C=O) groups excluding carboxylic acids is 1. The first-order chi connectivity index (χ1) is 14.7. The van der Waals surface area contributed by atoms with Gasteiger partial charge in [0.05, 0.1) is 18.8 Å². The van der Waals surface area contributed by atoms with Crippen LogP contribution < -0.4 is 10.1 Å². The lowest BCUT2D eigenvalue weighted by Gasteiger charge is -2.23. The summed E-state index contributed by atoms with van der Waals surface area (Å²) in [7, 11) is 0. The molecule has 1 amide bonds. The van der Waals surface area contributed by atoms with Gasteiger partial charge >= 0.3 is 0 Å². The van der Waals surface area contributed by atoms with Crippen LogP contribution in [0.25, 0.3) is 11.1 Å². The number of anilines is 1. The number of carbonyl (C=O) groups is 1. The molecule has 1 unspecified atom stereocenters. The molecule has 6 heteroatoms. The third-order valence-electron chi connectivity index (χ3n) is 6.31. The van der Waals surface area contributed by atoms with E-state index >= 15 is 0 Å². The Balaban J connectivity index is 1.29. The maximum atomic E-state index is 12.5. The zero-order chi connectivity index (χ0) is 20.5. The normalized spacial score (nSPS) is 23.4. The van der Waals surface area contributed by atoms with Crippen molar-refractivity contribution in [1.29, 1.82) is 5.26 Å². The van der Waals surface area contributed by atoms with Crippen molar-refractivity contribution in [3.05, 3.63) is 42.1 Å². The molecule has 0 bridgehead atoms. The maximum Gasteiger partial charge on any atom is 0.228 e. The molecule has 2 aromatic rings. The third-order valence-corrected chi connectivity index (χ3v) is 6.31. The Morgan fingerprint density at radius 3 is 2.70 bits per heavy atom. The predicted octanol–water partition coefficient (Wildman–Crippen LogP) is 4.16. The fourth-order valence-electron chi connectivity index (χ4n) is 4.33. The Morgan fingerprint density at radius 2 is 1.93 bits per heavy atom. The van der Waals surface area contributed by atoms with Crippen LogP contribution in [0.2, 0.25) is 0 Å². The number of nitrogens with zero attached hydrogens (tertiary/aromatic N) is 2. The van der Waals surface area contributed by atoms with E-state index in [1.807, 2.05) is 30.3 Å². The van der Waals surface area contributed by atoms with Gasteiger partial charge in [-0.05, 0) is 66.5 Å². The molecule has 2 saturated carbocycles. The molecule has 2 aliphatic carbocycles. The van der Waals surface area contributed by atoms with Gasteiger partial charge in [0, 0.05) is 25.0 Å². The molecule has 5 rings (SSSR count). The van der Waals surface area contributed by atoms with Crippen molar-refractivity contribution in [2.24, 2.45) is 17.8 Å². The van der Waals surface area contributed by atoms with Crippen molar-refractivity contribution in [2.45, 2.75) is 38.2 Å². The second-order valence-electron chi connectivity index (χ2n) is 8.51. The first-order valence-corrected chi connectivity index (χ1v) is 10.8. The molecule has 2 atom stereocenters. The van der Waals surface area contributed by atoms with Crippen molar-refractivity contribution in [1.82, 2.24) is 4.98 Å². The number of hydrogen-bond acceptors (Lipinski definition) is 5. The second-order valence-corrected chi connectivity index (χ2v) is 8.51. The van der Waals surface area contributed by atoms with E-state index in [-0.39, 0.29) is 17.9 Å². The number of rotatable bonds is 6. The van der Waals surface area contributed by atoms with Gasteiger partial charge in [-0.25, -0.2) is 4.98 Å². The first kappa shape index (κ1) is 19.1. The molecular weight excluding hydrogens is 378 g/mol. The van der Waals surface area contributed by atoms with Gasteiger partial charge in [0.15, 0.2) is 0 Å². The van der Waals surface area contributed by atoms with Gasteiger partial charge in [0.2, 0.25) is 5.91 Å². The average molecular weight is 403 g/mol. The van der Waals surface area contributed by atoms with Crippen molar-refractivity contribution < 1.29 is 14.3 Å². The van der Waals surface area contributed by atoms with Crippen molar-refractivity contribution in [3.8, 4) is 22.9 Å². The van der Waals surface area contributed by atoms with E-state index in [4.69, 9.17) is 9.47 Å². The largest absolute Gasteiger partial charge is 0.489 e. The molecule has 3 fully saturated rings. The number of hydrogen-bond donors (Lipinski definition) is 1. The fraction of sp³-hybridized carbons (Fsp3) is 0.458. The molecule has 6 nitrogen and oxygen atoms in total. The van der Waals surface area contributed by atoms with Gasteiger partial charge in [-0.3, -0.25) is 4.79 Å². The maximum absolute atomic E-state index is 12.5. The van der Waals surface area contributed by atoms with Crippen LogP contribution >= 0.6 is 0 Å². The summed E-state index contributed by atoms with van der Waals surface area (Å²) in [5.41, 5.74) is 2.31. The van der Waals surface area contributed by atoms with Crippen LogP contribution in [-0.2, 0) is 9.53 Å². The quantitative estimate of drug-likeness (QED) is 0.783. The first-order valence-electron chi connectivity index (χ1n) is 10.8. The second kappa shape index (κ2) is 8.08. The van der Waals surface area contributed by atoms with Gasteiger partial charge in [0.25, 0.3) is 0 Å². The highest BCUT2D eigenvalue weighted by atomic mass is 16.5. The van der Waals surface area contributed by atoms with E-state index in [9.17, 15) is 10.1 Å². The summed E-state index contributed by atoms with van der Waals surface area (Å²) in [5, 5.41) is 12.6. The summed E-state index contributed by atoms with van der Waals surface area (Å²) in [6, 6.07) is 11.6. The number of aromatic nitrogens is 1. The molecule has 2 heterocycles. The van der Waals surface area contributed by atoms with Crippen molar-refractivity contribution in [3.63, 3.8) is 0 Å². The van der Waals surface area contributed by atoms with Gasteiger partial charge in [-0.1, -0.05) is 6.07 Å². The van der Waals surface area contributed by atoms with Gasteiger partial charge in [0.1, 0.15) is 23.7 Å². The molecule has 1 saturated heterocycles. The zero-order valence-corrected chi connectivity index (χ0v) is 16.8. The lowest BCUT2D eigenvalue weighted by molar-refractivity contribution is -0.117. The molecule has 154 valence electrons. The molecule has 3 aliphatic rings. The van der Waals surface area contributed by atoms with Crippen LogP contribution in [0.15, 0.2) is 36.5 Å². The standard InChI is InChI=1S/C24H25N3O3/c25-14-18-11-16(3-4-22(18)30-19-6-9-29-10-7-19)17-5-8-26-23(12-17)27-24(28)21-13-20(21)15-1-2-15/h3-5,8,11-12,15,19-21H,1-2,6-7,9-10,13H2,(H,26,27,28)/t20?,21-/m0/s1. The SMILES string of the molecule is N#Cc1cc(-c2ccnc(NC(=O)[C@H]3CC3C3CC3)c2)ccc1OC1CCOCC1. The smallest absolute Gasteiger partial charge is 0.228 e. The molecule has 1 N–H and O–H groups in total. The Kier molecular flexibility index (Phi) is 5.14. The highest BCUT2D eigenvalue weighted by Crippen LogP contribution is 2.54. The number of ether oxygens (including phenoxy) is 2.